The van der Waals surface area contributed by atoms with Crippen molar-refractivity contribution in [2.75, 3.05) is 41.0 Å². The Labute approximate surface area is 444 Å². The van der Waals surface area contributed by atoms with E-state index in [1.165, 1.54) is 70.6 Å². The molecule has 1 unspecified atom stereocenters. The molecule has 0 bridgehead atoms. The van der Waals surface area contributed by atoms with Crippen LogP contribution in [0.3, 0.4) is 0 Å². The normalized spacial score (nSPS) is 13.3. The fourth-order valence-corrected chi connectivity index (χ4v) is 4.79. The summed E-state index contributed by atoms with van der Waals surface area (Å²) in [5, 5.41) is 0. The minimum absolute atomic E-state index is 0.213. The zero-order valence-corrected chi connectivity index (χ0v) is 54.9. The molecule has 1 atom stereocenters. The van der Waals surface area contributed by atoms with Gasteiger partial charge in [0.15, 0.2) is 0 Å². The SMILES string of the molecule is C=CCC(C)C.CC(C)C.CC(C)C(C)C.CC(C)C1CC1.CC(C)C1CCOC1.CC(C)CC(=O)N(C)C.CCC(C)C.CCCC(C)C.CCCC(C)C.CCCC(C)C.COCCC(C)C. The van der Waals surface area contributed by atoms with Crippen LogP contribution in [0.5, 0.6) is 0 Å². The van der Waals surface area contributed by atoms with Crippen LogP contribution in [0.15, 0.2) is 12.7 Å². The van der Waals surface area contributed by atoms with Crippen molar-refractivity contribution in [3.63, 3.8) is 0 Å². The standard InChI is InChI=1S/C7H15NO.C7H14O.C6H14O.C6H12.4C6H14.C6H12.C5H12.C4H10/c1-6(2)5-7(9)8(3)4;1-6(2)7-3-4-8-5-7;1-6(2)4-5-7-3;1-5(2)6-3-4-6;1-5(2)6(3)4;4*1-4-5-6(2)3;1-4-5(2)3;1-4(2)3/h6H,5H2,1-4H3;6-7H,3-5H2,1-2H3;6H,4-5H2,1-3H3;5-6H,3-4H2,1-2H3;5-6H,1-4H3;3*6H,4-5H2,1-3H3;4,6H,1,5H2,2-3H3;5H,4H2,1-3H3;4H,1-3H3. The van der Waals surface area contributed by atoms with E-state index in [1.807, 2.05) is 19.9 Å². The van der Waals surface area contributed by atoms with E-state index in [9.17, 15) is 4.79 Å². The van der Waals surface area contributed by atoms with E-state index in [-0.39, 0.29) is 5.91 Å². The van der Waals surface area contributed by atoms with Crippen LogP contribution in [-0.4, -0.2) is 51.8 Å². The van der Waals surface area contributed by atoms with E-state index in [4.69, 9.17) is 9.47 Å². The molecule has 2 fully saturated rings. The molecule has 1 aliphatic carbocycles. The summed E-state index contributed by atoms with van der Waals surface area (Å²) in [6.07, 6.45) is 18.6. The van der Waals surface area contributed by atoms with Gasteiger partial charge in [0.25, 0.3) is 0 Å². The Morgan fingerprint density at radius 1 is 0.536 bits per heavy atom. The highest BCUT2D eigenvalue weighted by atomic mass is 16.5. The molecule has 0 aromatic rings. The lowest BCUT2D eigenvalue weighted by Gasteiger charge is -2.10. The van der Waals surface area contributed by atoms with Crippen molar-refractivity contribution < 1.29 is 14.3 Å². The lowest BCUT2D eigenvalue weighted by molar-refractivity contribution is -0.129. The van der Waals surface area contributed by atoms with Gasteiger partial charge in [0.1, 0.15) is 0 Å². The van der Waals surface area contributed by atoms with Gasteiger partial charge >= 0.3 is 0 Å². The van der Waals surface area contributed by atoms with Gasteiger partial charge in [0.05, 0.1) is 0 Å². The van der Waals surface area contributed by atoms with Crippen LogP contribution in [0, 0.1) is 82.9 Å². The van der Waals surface area contributed by atoms with Crippen molar-refractivity contribution in [2.45, 2.75) is 284 Å². The van der Waals surface area contributed by atoms with E-state index >= 15 is 0 Å². The Balaban J connectivity index is -0.0000000825. The molecule has 1 aliphatic heterocycles. The molecule has 428 valence electrons. The van der Waals surface area contributed by atoms with E-state index in [0.29, 0.717) is 12.3 Å². The van der Waals surface area contributed by atoms with Gasteiger partial charge in [0, 0.05) is 47.4 Å². The molecular weight excluding hydrogens is 843 g/mol. The van der Waals surface area contributed by atoms with Crippen LogP contribution in [0.25, 0.3) is 0 Å². The van der Waals surface area contributed by atoms with Gasteiger partial charge in [-0.3, -0.25) is 4.79 Å². The van der Waals surface area contributed by atoms with Crippen LogP contribution in [0.4, 0.5) is 0 Å². The molecule has 1 saturated carbocycles. The average molecular weight is 989 g/mol. The Hall–Kier alpha value is -0.870. The second-order valence-electron chi connectivity index (χ2n) is 25.0. The number of ether oxygens (including phenoxy) is 2. The molecule has 4 nitrogen and oxygen atoms in total. The van der Waals surface area contributed by atoms with E-state index in [1.54, 1.807) is 26.1 Å². The summed E-state index contributed by atoms with van der Waals surface area (Å²) in [6, 6.07) is 0. The molecule has 1 amide bonds. The minimum Gasteiger partial charge on any atom is -0.385 e. The lowest BCUT2D eigenvalue weighted by atomic mass is 9.96. The van der Waals surface area contributed by atoms with Crippen molar-refractivity contribution in [1.29, 1.82) is 0 Å². The number of amides is 1. The molecule has 2 rings (SSSR count). The first-order valence-corrected chi connectivity index (χ1v) is 29.5. The summed E-state index contributed by atoms with van der Waals surface area (Å²) < 4.78 is 10.1. The predicted molar refractivity (Wildman–Crippen MR) is 325 cm³/mol. The highest BCUT2D eigenvalue weighted by Gasteiger charge is 2.24. The fraction of sp³-hybridized carbons (Fsp3) is 0.954. The fourth-order valence-electron chi connectivity index (χ4n) is 4.79. The second-order valence-corrected chi connectivity index (χ2v) is 25.0. The zero-order valence-electron chi connectivity index (χ0n) is 54.9. The third kappa shape index (κ3) is 128. The molecule has 2 aliphatic rings. The number of allylic oxidation sites excluding steroid dienone is 1. The van der Waals surface area contributed by atoms with Gasteiger partial charge < -0.3 is 14.4 Å². The van der Waals surface area contributed by atoms with Crippen LogP contribution < -0.4 is 0 Å². The van der Waals surface area contributed by atoms with Crippen LogP contribution in [0.1, 0.15) is 284 Å². The number of hydrogen-bond donors (Lipinski definition) is 0. The zero-order chi connectivity index (χ0) is 56.7. The summed E-state index contributed by atoms with van der Waals surface area (Å²) >= 11 is 0. The summed E-state index contributed by atoms with van der Waals surface area (Å²) in [7, 11) is 5.30. The Kier molecular flexibility index (Phi) is 85.4. The number of hydrogen-bond acceptors (Lipinski definition) is 3. The summed E-state index contributed by atoms with van der Waals surface area (Å²) in [4.78, 5) is 12.5. The Morgan fingerprint density at radius 3 is 0.928 bits per heavy atom. The van der Waals surface area contributed by atoms with Crippen LogP contribution in [-0.2, 0) is 14.3 Å². The largest absolute Gasteiger partial charge is 0.385 e. The van der Waals surface area contributed by atoms with Gasteiger partial charge in [-0.05, 0) is 115 Å². The monoisotopic (exact) mass is 988 g/mol. The molecule has 0 aromatic heterocycles. The predicted octanol–water partition coefficient (Wildman–Crippen LogP) is 22.1. The van der Waals surface area contributed by atoms with Crippen molar-refractivity contribution >= 4 is 5.91 Å². The van der Waals surface area contributed by atoms with Crippen LogP contribution in [0.2, 0.25) is 0 Å². The highest BCUT2D eigenvalue weighted by Crippen LogP contribution is 2.35. The topological polar surface area (TPSA) is 38.8 Å². The minimum atomic E-state index is 0.213. The number of nitrogens with zero attached hydrogens (tertiary/aromatic N) is 1. The number of rotatable bonds is 17. The van der Waals surface area contributed by atoms with E-state index in [2.05, 4.69) is 194 Å². The van der Waals surface area contributed by atoms with Gasteiger partial charge in [-0.15, -0.1) is 6.58 Å². The van der Waals surface area contributed by atoms with Gasteiger partial charge in [-0.1, -0.05) is 252 Å². The van der Waals surface area contributed by atoms with Gasteiger partial charge in [-0.2, -0.15) is 0 Å². The third-order valence-electron chi connectivity index (χ3n) is 10.8. The Bertz CT molecular complexity index is 831. The first kappa shape index (κ1) is 87.8. The summed E-state index contributed by atoms with van der Waals surface area (Å²) in [5.41, 5.74) is 0. The van der Waals surface area contributed by atoms with Crippen LogP contribution >= 0.6 is 0 Å². The third-order valence-corrected chi connectivity index (χ3v) is 10.8. The number of carbonyl (C=O) groups is 1. The summed E-state index contributed by atoms with van der Waals surface area (Å²) in [5.74, 6) is 12.1. The van der Waals surface area contributed by atoms with Crippen molar-refractivity contribution in [3.05, 3.63) is 12.7 Å². The molecule has 0 spiro atoms. The van der Waals surface area contributed by atoms with E-state index < -0.39 is 0 Å². The molecule has 1 saturated heterocycles. The van der Waals surface area contributed by atoms with Gasteiger partial charge in [0.2, 0.25) is 5.91 Å². The molecule has 1 heterocycles. The second kappa shape index (κ2) is 67.1. The molecular formula is C65H145NO3. The molecule has 4 heteroatoms. The summed E-state index contributed by atoms with van der Waals surface area (Å²) in [6.45, 7) is 70.8. The maximum Gasteiger partial charge on any atom is 0.222 e. The molecule has 0 N–H and O–H groups in total. The van der Waals surface area contributed by atoms with Crippen molar-refractivity contribution in [1.82, 2.24) is 4.90 Å². The number of carbonyl (C=O) groups excluding carboxylic acids is 1. The lowest BCUT2D eigenvalue weighted by Crippen LogP contribution is -2.22. The first-order chi connectivity index (χ1) is 31.6. The molecule has 69 heavy (non-hydrogen) atoms. The van der Waals surface area contributed by atoms with Crippen molar-refractivity contribution in [3.8, 4) is 0 Å². The highest BCUT2D eigenvalue weighted by molar-refractivity contribution is 5.75. The maximum atomic E-state index is 10.9. The first-order valence-electron chi connectivity index (χ1n) is 29.5. The average Bonchev–Trinajstić information content (AvgIpc) is 3.92. The number of methoxy groups -OCH3 is 1. The Morgan fingerprint density at radius 2 is 0.870 bits per heavy atom. The molecule has 0 radical (unpaired) electrons. The maximum absolute atomic E-state index is 10.9. The quantitative estimate of drug-likeness (QED) is 0.136. The molecule has 0 aromatic carbocycles. The van der Waals surface area contributed by atoms with E-state index in [0.717, 1.165) is 103 Å². The smallest absolute Gasteiger partial charge is 0.222 e. The van der Waals surface area contributed by atoms with Gasteiger partial charge in [-0.25, -0.2) is 0 Å². The van der Waals surface area contributed by atoms with Crippen molar-refractivity contribution in [2.24, 2.45) is 82.9 Å².